The number of aliphatic hydroxyl groups excluding tert-OH is 1. The molecular formula is C6H11N3O. The maximum atomic E-state index is 8.88. The van der Waals surface area contributed by atoms with E-state index in [1.807, 2.05) is 0 Å². The van der Waals surface area contributed by atoms with Crippen LogP contribution < -0.4 is 0 Å². The summed E-state index contributed by atoms with van der Waals surface area (Å²) in [5.74, 6) is 0. The molecule has 0 saturated carbocycles. The van der Waals surface area contributed by atoms with Crippen LogP contribution in [0.3, 0.4) is 0 Å². The molecule has 4 heteroatoms. The minimum Gasteiger partial charge on any atom is -0.386 e. The molecule has 10 heavy (non-hydrogen) atoms. The van der Waals surface area contributed by atoms with Gasteiger partial charge < -0.3 is 10.1 Å². The lowest BCUT2D eigenvalue weighted by Gasteiger charge is -2.06. The van der Waals surface area contributed by atoms with Crippen molar-refractivity contribution in [1.82, 2.24) is 5.01 Å². The van der Waals surface area contributed by atoms with Crippen molar-refractivity contribution in [2.24, 2.45) is 5.10 Å². The molecule has 0 aromatic rings. The van der Waals surface area contributed by atoms with Crippen molar-refractivity contribution in [3.8, 4) is 6.07 Å². The molecular weight excluding hydrogens is 130 g/mol. The van der Waals surface area contributed by atoms with Crippen LogP contribution >= 0.6 is 0 Å². The molecule has 0 amide bonds. The first-order chi connectivity index (χ1) is 4.57. The fourth-order valence-corrected chi connectivity index (χ4v) is 0.415. The number of aliphatic hydroxyl groups is 1. The van der Waals surface area contributed by atoms with Gasteiger partial charge in [0.2, 0.25) is 0 Å². The summed E-state index contributed by atoms with van der Waals surface area (Å²) in [5.41, 5.74) is 0.130. The Labute approximate surface area is 60.4 Å². The Bertz CT molecular complexity index is 166. The van der Waals surface area contributed by atoms with Crippen LogP contribution in [-0.4, -0.2) is 36.0 Å². The molecule has 0 rings (SSSR count). The van der Waals surface area contributed by atoms with E-state index in [4.69, 9.17) is 10.4 Å². The van der Waals surface area contributed by atoms with Gasteiger partial charge in [0.05, 0.1) is 0 Å². The molecule has 0 bridgehead atoms. The molecule has 0 aliphatic carbocycles. The van der Waals surface area contributed by atoms with Gasteiger partial charge in [0.1, 0.15) is 12.2 Å². The van der Waals surface area contributed by atoms with Crippen molar-refractivity contribution in [1.29, 1.82) is 5.26 Å². The number of hydrogen-bond donors (Lipinski definition) is 1. The molecule has 0 saturated heterocycles. The van der Waals surface area contributed by atoms with Crippen LogP contribution in [0.4, 0.5) is 0 Å². The van der Waals surface area contributed by atoms with E-state index in [9.17, 15) is 0 Å². The molecule has 0 aliphatic rings. The normalized spacial score (nSPS) is 14.1. The summed E-state index contributed by atoms with van der Waals surface area (Å²) in [5, 5.41) is 22.5. The lowest BCUT2D eigenvalue weighted by Crippen LogP contribution is -2.18. The highest BCUT2D eigenvalue weighted by Gasteiger charge is 2.04. The molecule has 1 unspecified atom stereocenters. The van der Waals surface area contributed by atoms with Crippen LogP contribution in [0.5, 0.6) is 0 Å². The van der Waals surface area contributed by atoms with Crippen LogP contribution in [0.2, 0.25) is 0 Å². The third-order valence-corrected chi connectivity index (χ3v) is 0.818. The molecule has 0 radical (unpaired) electrons. The first-order valence-corrected chi connectivity index (χ1v) is 2.92. The summed E-state index contributed by atoms with van der Waals surface area (Å²) >= 11 is 0. The molecule has 4 nitrogen and oxygen atoms in total. The zero-order chi connectivity index (χ0) is 8.15. The van der Waals surface area contributed by atoms with Crippen molar-refractivity contribution in [3.05, 3.63) is 0 Å². The molecule has 0 fully saturated rings. The maximum absolute atomic E-state index is 8.88. The number of hydrazone groups is 1. The summed E-state index contributed by atoms with van der Waals surface area (Å²) in [4.78, 5) is 0. The highest BCUT2D eigenvalue weighted by Crippen LogP contribution is 1.87. The summed E-state index contributed by atoms with van der Waals surface area (Å²) in [7, 11) is 3.39. The SMILES string of the molecule is CC(O)/C(C#N)=N\N(C)C. The van der Waals surface area contributed by atoms with E-state index in [-0.39, 0.29) is 5.71 Å². The average molecular weight is 141 g/mol. The fourth-order valence-electron chi connectivity index (χ4n) is 0.415. The van der Waals surface area contributed by atoms with Gasteiger partial charge in [-0.15, -0.1) is 0 Å². The molecule has 0 heterocycles. The molecule has 0 aromatic carbocycles. The second kappa shape index (κ2) is 3.85. The third-order valence-electron chi connectivity index (χ3n) is 0.818. The monoisotopic (exact) mass is 141 g/mol. The standard InChI is InChI=1S/C6H11N3O/c1-5(10)6(4-7)8-9(2)3/h5,10H,1-3H3/b8-6-. The fraction of sp³-hybridized carbons (Fsp3) is 0.667. The number of rotatable bonds is 2. The Morgan fingerprint density at radius 3 is 2.30 bits per heavy atom. The Kier molecular flexibility index (Phi) is 3.44. The molecule has 1 atom stereocenters. The first-order valence-electron chi connectivity index (χ1n) is 2.92. The van der Waals surface area contributed by atoms with Gasteiger partial charge in [0, 0.05) is 14.1 Å². The molecule has 56 valence electrons. The Morgan fingerprint density at radius 2 is 2.20 bits per heavy atom. The van der Waals surface area contributed by atoms with E-state index in [0.717, 1.165) is 0 Å². The van der Waals surface area contributed by atoms with E-state index in [1.165, 1.54) is 11.9 Å². The van der Waals surface area contributed by atoms with E-state index >= 15 is 0 Å². The van der Waals surface area contributed by atoms with E-state index in [0.29, 0.717) is 0 Å². The van der Waals surface area contributed by atoms with Crippen molar-refractivity contribution in [3.63, 3.8) is 0 Å². The van der Waals surface area contributed by atoms with Crippen molar-refractivity contribution in [2.75, 3.05) is 14.1 Å². The van der Waals surface area contributed by atoms with Gasteiger partial charge in [-0.2, -0.15) is 10.4 Å². The topological polar surface area (TPSA) is 59.6 Å². The van der Waals surface area contributed by atoms with Crippen LogP contribution in [0.15, 0.2) is 5.10 Å². The van der Waals surface area contributed by atoms with Crippen LogP contribution in [0.25, 0.3) is 0 Å². The Balaban J connectivity index is 4.23. The van der Waals surface area contributed by atoms with Crippen LogP contribution in [-0.2, 0) is 0 Å². The van der Waals surface area contributed by atoms with E-state index in [2.05, 4.69) is 5.10 Å². The lowest BCUT2D eigenvalue weighted by atomic mass is 10.3. The second-order valence-corrected chi connectivity index (χ2v) is 2.12. The Hall–Kier alpha value is -1.08. The van der Waals surface area contributed by atoms with Gasteiger partial charge in [0.25, 0.3) is 0 Å². The summed E-state index contributed by atoms with van der Waals surface area (Å²) in [6.07, 6.45) is -0.785. The van der Waals surface area contributed by atoms with Gasteiger partial charge in [0.15, 0.2) is 5.71 Å². The third kappa shape index (κ3) is 3.05. The summed E-state index contributed by atoms with van der Waals surface area (Å²) < 4.78 is 0. The quantitative estimate of drug-likeness (QED) is 0.428. The highest BCUT2D eigenvalue weighted by atomic mass is 16.3. The minimum atomic E-state index is -0.785. The maximum Gasteiger partial charge on any atom is 0.165 e. The molecule has 1 N–H and O–H groups in total. The number of hydrogen-bond acceptors (Lipinski definition) is 4. The molecule has 0 spiro atoms. The van der Waals surface area contributed by atoms with Gasteiger partial charge in [-0.1, -0.05) is 0 Å². The van der Waals surface area contributed by atoms with Crippen molar-refractivity contribution >= 4 is 5.71 Å². The van der Waals surface area contributed by atoms with Gasteiger partial charge in [-0.05, 0) is 6.92 Å². The van der Waals surface area contributed by atoms with E-state index in [1.54, 1.807) is 20.2 Å². The zero-order valence-electron chi connectivity index (χ0n) is 6.37. The Morgan fingerprint density at radius 1 is 1.70 bits per heavy atom. The summed E-state index contributed by atoms with van der Waals surface area (Å²) in [6.45, 7) is 1.51. The number of nitriles is 1. The van der Waals surface area contributed by atoms with Crippen molar-refractivity contribution in [2.45, 2.75) is 13.0 Å². The largest absolute Gasteiger partial charge is 0.386 e. The van der Waals surface area contributed by atoms with E-state index < -0.39 is 6.10 Å². The van der Waals surface area contributed by atoms with Crippen LogP contribution in [0.1, 0.15) is 6.92 Å². The zero-order valence-corrected chi connectivity index (χ0v) is 6.37. The number of nitrogens with zero attached hydrogens (tertiary/aromatic N) is 3. The predicted molar refractivity (Wildman–Crippen MR) is 38.4 cm³/mol. The predicted octanol–water partition coefficient (Wildman–Crippen LogP) is -0.192. The summed E-state index contributed by atoms with van der Waals surface area (Å²) in [6, 6.07) is 1.79. The van der Waals surface area contributed by atoms with Gasteiger partial charge >= 0.3 is 0 Å². The van der Waals surface area contributed by atoms with Gasteiger partial charge in [-0.25, -0.2) is 0 Å². The molecule has 0 aromatic heterocycles. The van der Waals surface area contributed by atoms with Crippen LogP contribution in [0, 0.1) is 11.3 Å². The highest BCUT2D eigenvalue weighted by molar-refractivity contribution is 6.01. The van der Waals surface area contributed by atoms with Crippen molar-refractivity contribution < 1.29 is 5.11 Å². The first kappa shape index (κ1) is 8.92. The lowest BCUT2D eigenvalue weighted by molar-refractivity contribution is 0.259. The molecule has 0 aliphatic heterocycles. The second-order valence-electron chi connectivity index (χ2n) is 2.12. The van der Waals surface area contributed by atoms with Gasteiger partial charge in [-0.3, -0.25) is 0 Å². The average Bonchev–Trinajstić information content (AvgIpc) is 1.81. The minimum absolute atomic E-state index is 0.130. The smallest absolute Gasteiger partial charge is 0.165 e.